The van der Waals surface area contributed by atoms with Gasteiger partial charge in [0.2, 0.25) is 0 Å². The van der Waals surface area contributed by atoms with Crippen LogP contribution in [0.1, 0.15) is 11.4 Å². The van der Waals surface area contributed by atoms with Crippen molar-refractivity contribution in [1.29, 1.82) is 0 Å². The summed E-state index contributed by atoms with van der Waals surface area (Å²) in [5, 5.41) is 0.549. The van der Waals surface area contributed by atoms with Crippen molar-refractivity contribution in [1.82, 2.24) is 14.5 Å². The Hall–Kier alpha value is -2.69. The van der Waals surface area contributed by atoms with Crippen molar-refractivity contribution in [3.63, 3.8) is 0 Å². The summed E-state index contributed by atoms with van der Waals surface area (Å²) >= 11 is 0. The number of aromatic amines is 1. The largest absolute Gasteiger partial charge is 0.308 e. The molecule has 1 aromatic carbocycles. The first-order valence-corrected chi connectivity index (χ1v) is 6.29. The molecule has 0 aliphatic rings. The van der Waals surface area contributed by atoms with Crippen LogP contribution in [-0.2, 0) is 6.54 Å². The van der Waals surface area contributed by atoms with E-state index in [9.17, 15) is 9.59 Å². The first-order valence-electron chi connectivity index (χ1n) is 6.29. The zero-order valence-corrected chi connectivity index (χ0v) is 11.0. The van der Waals surface area contributed by atoms with E-state index in [1.807, 2.05) is 6.07 Å². The number of hydrogen-bond acceptors (Lipinski definition) is 3. The van der Waals surface area contributed by atoms with E-state index >= 15 is 0 Å². The molecule has 0 aliphatic heterocycles. The number of pyridine rings is 1. The van der Waals surface area contributed by atoms with E-state index in [4.69, 9.17) is 0 Å². The first kappa shape index (κ1) is 12.3. The summed E-state index contributed by atoms with van der Waals surface area (Å²) in [6, 6.07) is 10.7. The third-order valence-electron chi connectivity index (χ3n) is 3.19. The second-order valence-electron chi connectivity index (χ2n) is 4.65. The molecule has 5 heteroatoms. The molecule has 20 heavy (non-hydrogen) atoms. The van der Waals surface area contributed by atoms with Crippen molar-refractivity contribution in [2.45, 2.75) is 13.5 Å². The number of para-hydroxylation sites is 1. The van der Waals surface area contributed by atoms with E-state index < -0.39 is 0 Å². The maximum atomic E-state index is 12.0. The van der Waals surface area contributed by atoms with E-state index in [2.05, 4.69) is 9.97 Å². The van der Waals surface area contributed by atoms with E-state index in [-0.39, 0.29) is 17.7 Å². The van der Waals surface area contributed by atoms with Crippen LogP contribution in [0.15, 0.2) is 52.2 Å². The third kappa shape index (κ3) is 2.14. The van der Waals surface area contributed by atoms with Crippen molar-refractivity contribution in [2.75, 3.05) is 0 Å². The van der Waals surface area contributed by atoms with Crippen LogP contribution in [0.2, 0.25) is 0 Å². The molecule has 0 atom stereocenters. The van der Waals surface area contributed by atoms with Crippen LogP contribution in [0.3, 0.4) is 0 Å². The van der Waals surface area contributed by atoms with Gasteiger partial charge >= 0.3 is 0 Å². The molecule has 100 valence electrons. The van der Waals surface area contributed by atoms with Gasteiger partial charge in [0.1, 0.15) is 5.82 Å². The Morgan fingerprint density at radius 2 is 1.95 bits per heavy atom. The summed E-state index contributed by atoms with van der Waals surface area (Å²) in [6.07, 6.45) is 1.69. The van der Waals surface area contributed by atoms with Gasteiger partial charge in [-0.1, -0.05) is 18.2 Å². The lowest BCUT2D eigenvalue weighted by molar-refractivity contribution is 0.711. The molecule has 0 unspecified atom stereocenters. The molecular weight excluding hydrogens is 254 g/mol. The number of aromatic nitrogens is 3. The van der Waals surface area contributed by atoms with E-state index in [1.54, 1.807) is 43.5 Å². The minimum atomic E-state index is -0.189. The summed E-state index contributed by atoms with van der Waals surface area (Å²) in [5.74, 6) is 0.474. The van der Waals surface area contributed by atoms with E-state index in [1.165, 1.54) is 4.57 Å². The van der Waals surface area contributed by atoms with Crippen LogP contribution < -0.4 is 11.1 Å². The first-order chi connectivity index (χ1) is 9.65. The zero-order chi connectivity index (χ0) is 14.1. The van der Waals surface area contributed by atoms with Crippen molar-refractivity contribution >= 4 is 10.9 Å². The Kier molecular flexibility index (Phi) is 2.95. The Morgan fingerprint density at radius 1 is 1.15 bits per heavy atom. The number of benzene rings is 1. The number of aryl methyl sites for hydroxylation is 1. The van der Waals surface area contributed by atoms with Crippen LogP contribution in [0.4, 0.5) is 0 Å². The molecule has 0 radical (unpaired) electrons. The normalized spacial score (nSPS) is 10.8. The predicted octanol–water partition coefficient (Wildman–Crippen LogP) is 1.44. The van der Waals surface area contributed by atoms with Gasteiger partial charge < -0.3 is 9.55 Å². The molecule has 2 heterocycles. The minimum absolute atomic E-state index is 0.0803. The van der Waals surface area contributed by atoms with Gasteiger partial charge in [-0.05, 0) is 25.1 Å². The second-order valence-corrected chi connectivity index (χ2v) is 4.65. The van der Waals surface area contributed by atoms with Crippen molar-refractivity contribution < 1.29 is 0 Å². The molecule has 0 saturated carbocycles. The lowest BCUT2D eigenvalue weighted by Crippen LogP contribution is -2.24. The summed E-state index contributed by atoms with van der Waals surface area (Å²) in [6.45, 7) is 2.01. The molecule has 5 nitrogen and oxygen atoms in total. The number of hydrogen-bond donors (Lipinski definition) is 1. The Labute approximate surface area is 114 Å². The number of nitrogens with zero attached hydrogens (tertiary/aromatic N) is 2. The Morgan fingerprint density at radius 3 is 2.80 bits per heavy atom. The highest BCUT2D eigenvalue weighted by molar-refractivity contribution is 5.77. The maximum Gasteiger partial charge on any atom is 0.258 e. The molecule has 0 spiro atoms. The van der Waals surface area contributed by atoms with Gasteiger partial charge in [-0.25, -0.2) is 4.98 Å². The highest BCUT2D eigenvalue weighted by Gasteiger charge is 2.05. The molecule has 0 saturated heterocycles. The minimum Gasteiger partial charge on any atom is -0.308 e. The van der Waals surface area contributed by atoms with Gasteiger partial charge in [0.25, 0.3) is 11.1 Å². The smallest absolute Gasteiger partial charge is 0.258 e. The number of rotatable bonds is 2. The molecule has 1 N–H and O–H groups in total. The van der Waals surface area contributed by atoms with Crippen LogP contribution >= 0.6 is 0 Å². The van der Waals surface area contributed by atoms with Gasteiger partial charge in [-0.15, -0.1) is 0 Å². The molecule has 3 aromatic rings. The van der Waals surface area contributed by atoms with Crippen molar-refractivity contribution in [3.05, 3.63) is 74.7 Å². The Balaban J connectivity index is 2.10. The average Bonchev–Trinajstić information content (AvgIpc) is 2.44. The summed E-state index contributed by atoms with van der Waals surface area (Å²) in [4.78, 5) is 31.0. The molecule has 0 bridgehead atoms. The average molecular weight is 267 g/mol. The predicted molar refractivity (Wildman–Crippen MR) is 76.9 cm³/mol. The summed E-state index contributed by atoms with van der Waals surface area (Å²) < 4.78 is 1.53. The number of fused-ring (bicyclic) bond motifs is 1. The molecule has 0 fully saturated rings. The fourth-order valence-electron chi connectivity index (χ4n) is 2.15. The van der Waals surface area contributed by atoms with Crippen LogP contribution in [0, 0.1) is 6.92 Å². The van der Waals surface area contributed by atoms with Gasteiger partial charge in [0.15, 0.2) is 0 Å². The molecular formula is C15H13N3O2. The van der Waals surface area contributed by atoms with Gasteiger partial charge in [-0.3, -0.25) is 9.59 Å². The fourth-order valence-corrected chi connectivity index (χ4v) is 2.15. The third-order valence-corrected chi connectivity index (χ3v) is 3.19. The zero-order valence-electron chi connectivity index (χ0n) is 11.0. The second kappa shape index (κ2) is 4.77. The van der Waals surface area contributed by atoms with E-state index in [0.29, 0.717) is 22.3 Å². The van der Waals surface area contributed by atoms with Crippen LogP contribution in [-0.4, -0.2) is 14.5 Å². The molecule has 3 rings (SSSR count). The van der Waals surface area contributed by atoms with Crippen molar-refractivity contribution in [2.24, 2.45) is 0 Å². The molecule has 0 amide bonds. The number of H-pyrrole nitrogens is 1. The van der Waals surface area contributed by atoms with Crippen LogP contribution in [0.25, 0.3) is 10.9 Å². The number of nitrogens with one attached hydrogen (secondary N) is 1. The quantitative estimate of drug-likeness (QED) is 0.764. The monoisotopic (exact) mass is 267 g/mol. The van der Waals surface area contributed by atoms with Gasteiger partial charge in [0, 0.05) is 11.8 Å². The van der Waals surface area contributed by atoms with Gasteiger partial charge in [0.05, 0.1) is 17.4 Å². The Bertz CT molecular complexity index is 893. The highest BCUT2D eigenvalue weighted by atomic mass is 16.1. The SMILES string of the molecule is Cc1cccn(Cc2nc3ccccc3c(=O)[nH]2)c1=O. The topological polar surface area (TPSA) is 67.8 Å². The molecule has 0 aliphatic carbocycles. The summed E-state index contributed by atoms with van der Waals surface area (Å²) in [5.41, 5.74) is 1.03. The van der Waals surface area contributed by atoms with Crippen molar-refractivity contribution in [3.8, 4) is 0 Å². The van der Waals surface area contributed by atoms with Gasteiger partial charge in [-0.2, -0.15) is 0 Å². The lowest BCUT2D eigenvalue weighted by atomic mass is 10.2. The van der Waals surface area contributed by atoms with E-state index in [0.717, 1.165) is 0 Å². The fraction of sp³-hybridized carbons (Fsp3) is 0.133. The molecule has 2 aromatic heterocycles. The standard InChI is InChI=1S/C15H13N3O2/c1-10-5-4-8-18(15(10)20)9-13-16-12-7-3-2-6-11(12)14(19)17-13/h2-8H,9H2,1H3,(H,16,17,19). The highest BCUT2D eigenvalue weighted by Crippen LogP contribution is 2.06. The van der Waals surface area contributed by atoms with Crippen LogP contribution in [0.5, 0.6) is 0 Å². The maximum absolute atomic E-state index is 12.0. The lowest BCUT2D eigenvalue weighted by Gasteiger charge is -2.06. The summed E-state index contributed by atoms with van der Waals surface area (Å²) in [7, 11) is 0.